The Morgan fingerprint density at radius 1 is 1.00 bits per heavy atom. The van der Waals surface area contributed by atoms with Crippen LogP contribution in [0.15, 0.2) is 76.5 Å². The minimum Gasteiger partial charge on any atom is -0.345 e. The SMILES string of the molecule is CC(=O)c1ccc(S(=O)(=O)NCc2ccc(C(=O)NC3CCSc4ccc(F)cc43)cc2)cc1. The molecule has 0 bridgehead atoms. The highest BCUT2D eigenvalue weighted by Crippen LogP contribution is 2.36. The Morgan fingerprint density at radius 2 is 1.68 bits per heavy atom. The standard InChI is InChI=1S/C25H23FN2O4S2/c1-16(29)18-6-9-21(10-7-18)34(31,32)27-15-17-2-4-19(5-3-17)25(30)28-23-12-13-33-24-11-8-20(26)14-22(23)24/h2-11,14,23,27H,12-13,15H2,1H3,(H,28,30). The maximum Gasteiger partial charge on any atom is 0.251 e. The predicted molar refractivity (Wildman–Crippen MR) is 129 cm³/mol. The number of nitrogens with one attached hydrogen (secondary N) is 2. The number of rotatable bonds is 7. The van der Waals surface area contributed by atoms with Crippen LogP contribution in [0.3, 0.4) is 0 Å². The van der Waals surface area contributed by atoms with E-state index >= 15 is 0 Å². The number of ketones is 1. The first-order chi connectivity index (χ1) is 16.2. The van der Waals surface area contributed by atoms with Gasteiger partial charge in [0.15, 0.2) is 5.78 Å². The largest absolute Gasteiger partial charge is 0.345 e. The molecule has 3 aromatic carbocycles. The van der Waals surface area contributed by atoms with Crippen LogP contribution < -0.4 is 10.0 Å². The molecule has 176 valence electrons. The van der Waals surface area contributed by atoms with E-state index in [0.717, 1.165) is 16.2 Å². The van der Waals surface area contributed by atoms with Crippen LogP contribution in [0, 0.1) is 5.82 Å². The van der Waals surface area contributed by atoms with E-state index < -0.39 is 10.0 Å². The van der Waals surface area contributed by atoms with Crippen molar-refractivity contribution >= 4 is 33.5 Å². The Balaban J connectivity index is 1.38. The first-order valence-corrected chi connectivity index (χ1v) is 13.1. The van der Waals surface area contributed by atoms with Crippen LogP contribution in [0.5, 0.6) is 0 Å². The van der Waals surface area contributed by atoms with E-state index in [0.29, 0.717) is 23.1 Å². The van der Waals surface area contributed by atoms with Crippen LogP contribution in [0.2, 0.25) is 0 Å². The van der Waals surface area contributed by atoms with Crippen molar-refractivity contribution < 1.29 is 22.4 Å². The van der Waals surface area contributed by atoms with Crippen molar-refractivity contribution in [2.75, 3.05) is 5.75 Å². The lowest BCUT2D eigenvalue weighted by atomic mass is 10.0. The van der Waals surface area contributed by atoms with Crippen LogP contribution in [0.1, 0.15) is 51.2 Å². The molecule has 2 N–H and O–H groups in total. The summed E-state index contributed by atoms with van der Waals surface area (Å²) in [6, 6.07) is 16.7. The fourth-order valence-corrected chi connectivity index (χ4v) is 5.78. The first-order valence-electron chi connectivity index (χ1n) is 10.7. The lowest BCUT2D eigenvalue weighted by Gasteiger charge is -2.26. The summed E-state index contributed by atoms with van der Waals surface area (Å²) >= 11 is 1.64. The molecule has 1 aliphatic heterocycles. The van der Waals surface area contributed by atoms with Gasteiger partial charge in [-0.2, -0.15) is 0 Å². The van der Waals surface area contributed by atoms with Crippen molar-refractivity contribution in [3.63, 3.8) is 0 Å². The quantitative estimate of drug-likeness (QED) is 0.469. The zero-order valence-corrected chi connectivity index (χ0v) is 20.0. The van der Waals surface area contributed by atoms with E-state index in [1.807, 2.05) is 0 Å². The van der Waals surface area contributed by atoms with Gasteiger partial charge in [0, 0.05) is 28.3 Å². The minimum atomic E-state index is -3.75. The second-order valence-corrected chi connectivity index (χ2v) is 10.9. The summed E-state index contributed by atoms with van der Waals surface area (Å²) in [5.74, 6) is 0.0897. The Morgan fingerprint density at radius 3 is 2.35 bits per heavy atom. The molecule has 0 aliphatic carbocycles. The van der Waals surface area contributed by atoms with E-state index in [1.54, 1.807) is 42.1 Å². The number of thioether (sulfide) groups is 1. The second kappa shape index (κ2) is 10.1. The first kappa shape index (κ1) is 24.1. The van der Waals surface area contributed by atoms with Gasteiger partial charge in [-0.3, -0.25) is 9.59 Å². The van der Waals surface area contributed by atoms with Crippen molar-refractivity contribution in [1.82, 2.24) is 10.0 Å². The molecule has 0 spiro atoms. The average Bonchev–Trinajstić information content (AvgIpc) is 2.83. The number of halogens is 1. The van der Waals surface area contributed by atoms with Gasteiger partial charge >= 0.3 is 0 Å². The lowest BCUT2D eigenvalue weighted by Crippen LogP contribution is -2.30. The van der Waals surface area contributed by atoms with E-state index in [-0.39, 0.29) is 35.0 Å². The molecular formula is C25H23FN2O4S2. The molecule has 34 heavy (non-hydrogen) atoms. The van der Waals surface area contributed by atoms with Crippen LogP contribution in [-0.2, 0) is 16.6 Å². The van der Waals surface area contributed by atoms with E-state index in [4.69, 9.17) is 0 Å². The molecule has 0 aromatic heterocycles. The molecule has 6 nitrogen and oxygen atoms in total. The van der Waals surface area contributed by atoms with Crippen molar-refractivity contribution in [3.8, 4) is 0 Å². The number of fused-ring (bicyclic) bond motifs is 1. The fourth-order valence-electron chi connectivity index (χ4n) is 3.66. The van der Waals surface area contributed by atoms with Crippen LogP contribution in [0.25, 0.3) is 0 Å². The predicted octanol–water partition coefficient (Wildman–Crippen LogP) is 4.47. The molecule has 4 rings (SSSR count). The topological polar surface area (TPSA) is 92.3 Å². The maximum absolute atomic E-state index is 13.7. The third kappa shape index (κ3) is 5.55. The molecule has 3 aromatic rings. The third-order valence-corrected chi connectivity index (χ3v) is 8.11. The van der Waals surface area contributed by atoms with Gasteiger partial charge in [-0.1, -0.05) is 24.3 Å². The highest BCUT2D eigenvalue weighted by Gasteiger charge is 2.23. The highest BCUT2D eigenvalue weighted by molar-refractivity contribution is 7.99. The van der Waals surface area contributed by atoms with Crippen LogP contribution in [-0.4, -0.2) is 25.9 Å². The number of Topliss-reactive ketones (excluding diaryl/α,β-unsaturated/α-hetero) is 1. The molecule has 1 heterocycles. The fraction of sp³-hybridized carbons (Fsp3) is 0.200. The van der Waals surface area contributed by atoms with Gasteiger partial charge in [-0.05, 0) is 66.9 Å². The van der Waals surface area contributed by atoms with E-state index in [9.17, 15) is 22.4 Å². The molecular weight excluding hydrogens is 475 g/mol. The number of benzene rings is 3. The zero-order chi connectivity index (χ0) is 24.3. The van der Waals surface area contributed by atoms with E-state index in [2.05, 4.69) is 10.0 Å². The van der Waals surface area contributed by atoms with Gasteiger partial charge in [-0.15, -0.1) is 11.8 Å². The monoisotopic (exact) mass is 498 g/mol. The number of carbonyl (C=O) groups excluding carboxylic acids is 2. The summed E-state index contributed by atoms with van der Waals surface area (Å²) < 4.78 is 41.3. The van der Waals surface area contributed by atoms with E-state index in [1.165, 1.54) is 43.3 Å². The molecule has 1 atom stereocenters. The van der Waals surface area contributed by atoms with Crippen molar-refractivity contribution in [3.05, 3.63) is 94.8 Å². The number of sulfonamides is 1. The molecule has 1 unspecified atom stereocenters. The van der Waals surface area contributed by atoms with Crippen LogP contribution >= 0.6 is 11.8 Å². The van der Waals surface area contributed by atoms with Gasteiger partial charge in [0.1, 0.15) is 5.82 Å². The zero-order valence-electron chi connectivity index (χ0n) is 18.4. The Kier molecular flexibility index (Phi) is 7.16. The van der Waals surface area contributed by atoms with Crippen molar-refractivity contribution in [1.29, 1.82) is 0 Å². The molecule has 0 fully saturated rings. The summed E-state index contributed by atoms with van der Waals surface area (Å²) in [6.45, 7) is 1.46. The smallest absolute Gasteiger partial charge is 0.251 e. The number of carbonyl (C=O) groups is 2. The summed E-state index contributed by atoms with van der Waals surface area (Å²) in [7, 11) is -3.75. The third-order valence-electron chi connectivity index (χ3n) is 5.57. The molecule has 9 heteroatoms. The van der Waals surface area contributed by atoms with Gasteiger partial charge in [0.05, 0.1) is 10.9 Å². The Hall–Kier alpha value is -3.01. The molecule has 0 saturated carbocycles. The minimum absolute atomic E-state index is 0.0468. The molecule has 1 aliphatic rings. The molecule has 0 saturated heterocycles. The summed E-state index contributed by atoms with van der Waals surface area (Å²) in [6.07, 6.45) is 0.708. The van der Waals surface area contributed by atoms with Crippen LogP contribution in [0.4, 0.5) is 4.39 Å². The summed E-state index contributed by atoms with van der Waals surface area (Å²) in [5.41, 5.74) is 2.34. The van der Waals surface area contributed by atoms with Crippen molar-refractivity contribution in [2.24, 2.45) is 0 Å². The summed E-state index contributed by atoms with van der Waals surface area (Å²) in [5, 5.41) is 2.97. The van der Waals surface area contributed by atoms with Gasteiger partial charge in [-0.25, -0.2) is 17.5 Å². The van der Waals surface area contributed by atoms with Gasteiger partial charge in [0.2, 0.25) is 10.0 Å². The lowest BCUT2D eigenvalue weighted by molar-refractivity contribution is 0.0934. The Labute approximate surface area is 202 Å². The average molecular weight is 499 g/mol. The van der Waals surface area contributed by atoms with Crippen molar-refractivity contribution in [2.45, 2.75) is 35.7 Å². The number of hydrogen-bond donors (Lipinski definition) is 2. The van der Waals surface area contributed by atoms with Gasteiger partial charge < -0.3 is 5.32 Å². The molecule has 0 radical (unpaired) electrons. The Bertz CT molecular complexity index is 1320. The second-order valence-electron chi connectivity index (χ2n) is 7.95. The number of hydrogen-bond acceptors (Lipinski definition) is 5. The maximum atomic E-state index is 13.7. The number of amides is 1. The van der Waals surface area contributed by atoms with Gasteiger partial charge in [0.25, 0.3) is 5.91 Å². The highest BCUT2D eigenvalue weighted by atomic mass is 32.2. The summed E-state index contributed by atoms with van der Waals surface area (Å²) in [4.78, 5) is 25.1. The normalized spacial score (nSPS) is 15.4. The molecule has 1 amide bonds.